The molecule has 0 fully saturated rings. The molecule has 3 heterocycles. The highest BCUT2D eigenvalue weighted by Gasteiger charge is 2.35. The fourth-order valence-corrected chi connectivity index (χ4v) is 6.16. The van der Waals surface area contributed by atoms with Crippen molar-refractivity contribution in [3.63, 3.8) is 0 Å². The second-order valence-corrected chi connectivity index (χ2v) is 9.13. The van der Waals surface area contributed by atoms with Gasteiger partial charge >= 0.3 is 5.97 Å². The van der Waals surface area contributed by atoms with E-state index >= 15 is 0 Å². The Hall–Kier alpha value is -2.36. The van der Waals surface area contributed by atoms with E-state index in [9.17, 15) is 9.90 Å². The average molecular weight is 461 g/mol. The number of aromatic nitrogens is 3. The number of carboxylic acids is 1. The lowest BCUT2D eigenvalue weighted by Gasteiger charge is -2.23. The smallest absolute Gasteiger partial charge is 0.306 e. The first-order valence-electron chi connectivity index (χ1n) is 8.45. The molecule has 1 atom stereocenters. The molecule has 2 aromatic rings. The molecule has 0 radical (unpaired) electrons. The highest BCUT2D eigenvalue weighted by Crippen LogP contribution is 2.47. The maximum Gasteiger partial charge on any atom is 0.306 e. The summed E-state index contributed by atoms with van der Waals surface area (Å²) in [5, 5.41) is 20.6. The fraction of sp³-hybridized carbons (Fsp3) is 0.278. The Morgan fingerprint density at radius 3 is 3.19 bits per heavy atom. The number of aliphatic carboxylic acids is 1. The topological polar surface area (TPSA) is 103 Å². The van der Waals surface area contributed by atoms with Crippen molar-refractivity contribution in [2.75, 3.05) is 5.32 Å². The van der Waals surface area contributed by atoms with Crippen LogP contribution in [0.15, 0.2) is 43.8 Å². The highest BCUT2D eigenvalue weighted by atomic mass is 127. The Morgan fingerprint density at radius 2 is 2.31 bits per heavy atom. The van der Waals surface area contributed by atoms with E-state index < -0.39 is 5.97 Å². The van der Waals surface area contributed by atoms with E-state index in [0.29, 0.717) is 12.8 Å². The third-order valence-electron chi connectivity index (χ3n) is 5.12. The maximum absolute atomic E-state index is 11.4. The van der Waals surface area contributed by atoms with Gasteiger partial charge in [-0.3, -0.25) is 9.89 Å². The summed E-state index contributed by atoms with van der Waals surface area (Å²) in [6, 6.07) is 1.96. The number of aromatic amines is 1. The predicted molar refractivity (Wildman–Crippen MR) is 109 cm³/mol. The number of allylic oxidation sites excluding steroid dienone is 2. The summed E-state index contributed by atoms with van der Waals surface area (Å²) in [4.78, 5) is 20.4. The van der Waals surface area contributed by atoms with Gasteiger partial charge in [-0.05, 0) is 30.9 Å². The maximum atomic E-state index is 11.4. The van der Waals surface area contributed by atoms with E-state index in [2.05, 4.69) is 25.5 Å². The zero-order valence-corrected chi connectivity index (χ0v) is 15.9. The number of nitrogens with one attached hydrogen (secondary N) is 2. The molecule has 5 rings (SSSR count). The first kappa shape index (κ1) is 15.9. The Morgan fingerprint density at radius 1 is 1.38 bits per heavy atom. The van der Waals surface area contributed by atoms with Gasteiger partial charge in [0.05, 0.1) is 28.0 Å². The molecule has 8 heteroatoms. The Labute approximate surface area is 159 Å². The summed E-state index contributed by atoms with van der Waals surface area (Å²) < 4.78 is 3.48. The number of amidine groups is 1. The van der Waals surface area contributed by atoms with Crippen molar-refractivity contribution in [3.8, 4) is 0 Å². The summed E-state index contributed by atoms with van der Waals surface area (Å²) in [5.41, 5.74) is 4.75. The lowest BCUT2D eigenvalue weighted by atomic mass is 9.83. The number of carbonyl (C=O) groups is 1. The number of hydrogen-bond donors (Lipinski definition) is 3. The molecule has 132 valence electrons. The van der Waals surface area contributed by atoms with Gasteiger partial charge in [0.1, 0.15) is 11.7 Å². The van der Waals surface area contributed by atoms with Crippen molar-refractivity contribution in [2.45, 2.75) is 25.7 Å². The van der Waals surface area contributed by atoms with Crippen LogP contribution in [-0.2, 0) is 4.79 Å². The summed E-state index contributed by atoms with van der Waals surface area (Å²) in [7, 11) is 0. The van der Waals surface area contributed by atoms with E-state index in [4.69, 9.17) is 0 Å². The molecule has 0 saturated heterocycles. The van der Waals surface area contributed by atoms with E-state index in [0.717, 1.165) is 35.4 Å². The van der Waals surface area contributed by atoms with Gasteiger partial charge in [-0.1, -0.05) is 26.3 Å². The molecular formula is C18H16IN5O2. The number of fused-ring (bicyclic) bond motifs is 2. The third kappa shape index (κ3) is 2.59. The lowest BCUT2D eigenvalue weighted by Crippen LogP contribution is -2.22. The molecule has 3 N–H and O–H groups in total. The van der Waals surface area contributed by atoms with Crippen LogP contribution < -0.4 is 5.32 Å². The predicted octanol–water partition coefficient (Wildman–Crippen LogP) is 3.35. The minimum atomic E-state index is -0.674. The average Bonchev–Trinajstić information content (AvgIpc) is 3.25. The number of rotatable bonds is 2. The quantitative estimate of drug-likeness (QED) is 0.596. The number of carboxylic acid groups (broad SMARTS) is 1. The molecule has 1 aliphatic heterocycles. The Kier molecular flexibility index (Phi) is 3.73. The molecule has 7 nitrogen and oxygen atoms in total. The molecule has 0 aromatic carbocycles. The molecule has 0 spiro atoms. The van der Waals surface area contributed by atoms with Gasteiger partial charge in [0.2, 0.25) is 0 Å². The van der Waals surface area contributed by atoms with Crippen molar-refractivity contribution in [3.05, 3.63) is 38.8 Å². The summed E-state index contributed by atoms with van der Waals surface area (Å²) in [6.45, 7) is 0. The van der Waals surface area contributed by atoms with Crippen LogP contribution in [0.1, 0.15) is 25.7 Å². The normalized spacial score (nSPS) is 22.0. The molecular weight excluding hydrogens is 445 g/mol. The van der Waals surface area contributed by atoms with Crippen LogP contribution >= 0.6 is 20.7 Å². The van der Waals surface area contributed by atoms with E-state index in [-0.39, 0.29) is 26.6 Å². The summed E-state index contributed by atoms with van der Waals surface area (Å²) >= 11 is -0.220. The van der Waals surface area contributed by atoms with Crippen LogP contribution in [0.2, 0.25) is 0 Å². The second kappa shape index (κ2) is 6.11. The first-order chi connectivity index (χ1) is 12.7. The van der Waals surface area contributed by atoms with Crippen molar-refractivity contribution in [1.29, 1.82) is 0 Å². The van der Waals surface area contributed by atoms with Gasteiger partial charge in [0.25, 0.3) is 0 Å². The lowest BCUT2D eigenvalue weighted by molar-refractivity contribution is -0.142. The second-order valence-electron chi connectivity index (χ2n) is 6.65. The van der Waals surface area contributed by atoms with Gasteiger partial charge in [0.15, 0.2) is 0 Å². The number of aliphatic imine (C=N–C) groups is 1. The molecule has 0 unspecified atom stereocenters. The van der Waals surface area contributed by atoms with E-state index in [1.807, 2.05) is 10.2 Å². The zero-order chi connectivity index (χ0) is 17.7. The molecule has 26 heavy (non-hydrogen) atoms. The van der Waals surface area contributed by atoms with E-state index in [1.165, 1.54) is 20.3 Å². The van der Waals surface area contributed by atoms with Crippen LogP contribution in [0.25, 0.3) is 10.9 Å². The van der Waals surface area contributed by atoms with Crippen LogP contribution in [0.3, 0.4) is 0 Å². The zero-order valence-electron chi connectivity index (χ0n) is 13.8. The Balaban J connectivity index is 1.46. The standard InChI is InChI=1S/C18H16IN5O2/c25-18(26)9-1-2-12-10(3-9)4-13-16(12)17(21-8-19-13)23-15-5-11-6-22-24-14(11)7-20-15/h5-9H,1-4H2,(H,22,24)(H,25,26)(H,20,21,23)/t9-/m0/s1. The van der Waals surface area contributed by atoms with Crippen LogP contribution in [0.5, 0.6) is 0 Å². The van der Waals surface area contributed by atoms with Crippen molar-refractivity contribution in [1.82, 2.24) is 15.2 Å². The van der Waals surface area contributed by atoms with Crippen molar-refractivity contribution in [2.24, 2.45) is 10.9 Å². The summed E-state index contributed by atoms with van der Waals surface area (Å²) in [6.07, 6.45) is 6.66. The number of hydrogen-bond acceptors (Lipinski definition) is 5. The number of nitrogens with zero attached hydrogens (tertiary/aromatic N) is 3. The SMILES string of the molecule is O=C(O)[C@H]1CCC2=C(CC3=C2C(Nc2cc4cn[nH]c4cn2)=NC=I3)C1. The number of anilines is 1. The first-order valence-corrected chi connectivity index (χ1v) is 10.8. The fourth-order valence-electron chi connectivity index (χ4n) is 3.84. The molecule has 3 aliphatic rings. The van der Waals surface area contributed by atoms with Crippen LogP contribution in [0.4, 0.5) is 5.82 Å². The number of halogens is 1. The minimum absolute atomic E-state index is 0.220. The Bertz CT molecular complexity index is 1060. The van der Waals surface area contributed by atoms with Gasteiger partial charge in [-0.15, -0.1) is 0 Å². The molecule has 0 bridgehead atoms. The van der Waals surface area contributed by atoms with E-state index in [1.54, 1.807) is 12.4 Å². The van der Waals surface area contributed by atoms with Crippen LogP contribution in [0, 0.1) is 5.92 Å². The third-order valence-corrected chi connectivity index (χ3v) is 7.35. The van der Waals surface area contributed by atoms with Crippen LogP contribution in [-0.4, -0.2) is 36.2 Å². The van der Waals surface area contributed by atoms with Gasteiger partial charge in [-0.25, -0.2) is 9.98 Å². The minimum Gasteiger partial charge on any atom is -0.481 e. The van der Waals surface area contributed by atoms with Gasteiger partial charge in [0, 0.05) is 21.0 Å². The van der Waals surface area contributed by atoms with Crippen molar-refractivity contribution < 1.29 is 9.90 Å². The largest absolute Gasteiger partial charge is 0.481 e. The molecule has 2 aliphatic carbocycles. The molecule has 2 aromatic heterocycles. The number of H-pyrrole nitrogens is 1. The monoisotopic (exact) mass is 461 g/mol. The van der Waals surface area contributed by atoms with Crippen molar-refractivity contribution >= 4 is 53.4 Å². The molecule has 0 amide bonds. The van der Waals surface area contributed by atoms with Gasteiger partial charge in [-0.2, -0.15) is 5.10 Å². The summed E-state index contributed by atoms with van der Waals surface area (Å²) in [5.74, 6) is 0.675. The molecule has 0 saturated carbocycles. The van der Waals surface area contributed by atoms with Gasteiger partial charge < -0.3 is 10.4 Å². The number of pyridine rings is 1. The highest BCUT2D eigenvalue weighted by molar-refractivity contribution is 14.2.